The van der Waals surface area contributed by atoms with Crippen LogP contribution in [0.1, 0.15) is 0 Å². The molecule has 1 aliphatic rings. The molecule has 0 bridgehead atoms. The molecule has 8 heteroatoms. The van der Waals surface area contributed by atoms with E-state index in [1.807, 2.05) is 0 Å². The molecule has 0 spiro atoms. The van der Waals surface area contributed by atoms with Gasteiger partial charge in [0, 0.05) is 0 Å². The average Bonchev–Trinajstić information content (AvgIpc) is 1.95. The first-order valence-corrected chi connectivity index (χ1v) is 3.16. The van der Waals surface area contributed by atoms with Gasteiger partial charge in [-0.25, -0.2) is 0 Å². The van der Waals surface area contributed by atoms with Crippen molar-refractivity contribution in [1.82, 2.24) is 10.6 Å². The highest BCUT2D eigenvalue weighted by Crippen LogP contribution is 2.29. The van der Waals surface area contributed by atoms with Gasteiger partial charge >= 0.3 is 11.9 Å². The van der Waals surface area contributed by atoms with Crippen LogP contribution in [0.5, 0.6) is 0 Å². The quantitative estimate of drug-likeness (QED) is 0.442. The van der Waals surface area contributed by atoms with Crippen LogP contribution < -0.4 is 10.6 Å². The zero-order chi connectivity index (χ0) is 10.3. The van der Waals surface area contributed by atoms with E-state index in [1.54, 1.807) is 5.32 Å². The molecule has 0 aromatic heterocycles. The van der Waals surface area contributed by atoms with Crippen LogP contribution in [0.3, 0.4) is 0 Å². The number of rotatable bonds is 0. The number of piperazine rings is 1. The molecule has 74 valence electrons. The molecule has 1 heterocycles. The minimum Gasteiger partial charge on any atom is -0.356 e. The van der Waals surface area contributed by atoms with Crippen LogP contribution >= 0.6 is 0 Å². The predicted octanol–water partition coefficient (Wildman–Crippen LogP) is -1.52. The molecule has 1 atom stereocenters. The lowest BCUT2D eigenvalue weighted by atomic mass is 10.1. The van der Waals surface area contributed by atoms with Crippen LogP contribution in [0.25, 0.3) is 0 Å². The van der Waals surface area contributed by atoms with Crippen molar-refractivity contribution in [3.05, 3.63) is 0 Å². The average molecular weight is 198 g/mol. The summed E-state index contributed by atoms with van der Waals surface area (Å²) in [6.07, 6.45) is -5.23. The molecular weight excluding hydrogens is 193 g/mol. The minimum atomic E-state index is -5.23. The zero-order valence-electron chi connectivity index (χ0n) is 6.10. The van der Waals surface area contributed by atoms with Gasteiger partial charge in [-0.3, -0.25) is 9.59 Å². The lowest BCUT2D eigenvalue weighted by Gasteiger charge is -2.32. The molecule has 1 aliphatic heterocycles. The summed E-state index contributed by atoms with van der Waals surface area (Å²) in [7, 11) is 0. The van der Waals surface area contributed by atoms with E-state index in [0.717, 1.165) is 5.32 Å². The van der Waals surface area contributed by atoms with Crippen molar-refractivity contribution in [2.45, 2.75) is 11.9 Å². The Balaban J connectivity index is 2.98. The zero-order valence-corrected chi connectivity index (χ0v) is 6.10. The van der Waals surface area contributed by atoms with Crippen molar-refractivity contribution in [3.63, 3.8) is 0 Å². The van der Waals surface area contributed by atoms with E-state index in [4.69, 9.17) is 5.11 Å². The van der Waals surface area contributed by atoms with Gasteiger partial charge < -0.3 is 15.7 Å². The molecule has 1 unspecified atom stereocenters. The second kappa shape index (κ2) is 2.59. The number of alkyl halides is 3. The predicted molar refractivity (Wildman–Crippen MR) is 32.2 cm³/mol. The smallest absolute Gasteiger partial charge is 0.356 e. The Labute approximate surface area is 69.9 Å². The van der Waals surface area contributed by atoms with Crippen molar-refractivity contribution >= 4 is 11.8 Å². The maximum Gasteiger partial charge on any atom is 0.446 e. The summed E-state index contributed by atoms with van der Waals surface area (Å²) in [4.78, 5) is 21.1. The first-order valence-electron chi connectivity index (χ1n) is 3.16. The number of halogens is 3. The summed E-state index contributed by atoms with van der Waals surface area (Å²) in [6.45, 7) is -0.572. The fourth-order valence-corrected chi connectivity index (χ4v) is 0.791. The number of carbonyl (C=O) groups is 2. The Morgan fingerprint density at radius 1 is 1.38 bits per heavy atom. The monoisotopic (exact) mass is 198 g/mol. The SMILES string of the molecule is O=C1CNC(=O)C(O)(C(F)(F)F)N1. The maximum absolute atomic E-state index is 12.0. The summed E-state index contributed by atoms with van der Waals surface area (Å²) in [6, 6.07) is 0. The van der Waals surface area contributed by atoms with E-state index < -0.39 is 30.3 Å². The second-order valence-electron chi connectivity index (χ2n) is 2.44. The third-order valence-electron chi connectivity index (χ3n) is 1.47. The van der Waals surface area contributed by atoms with Crippen molar-refractivity contribution in [3.8, 4) is 0 Å². The minimum absolute atomic E-state index is 0.572. The summed E-state index contributed by atoms with van der Waals surface area (Å²) < 4.78 is 36.1. The molecule has 13 heavy (non-hydrogen) atoms. The van der Waals surface area contributed by atoms with Crippen LogP contribution in [0, 0.1) is 0 Å². The van der Waals surface area contributed by atoms with Gasteiger partial charge in [-0.1, -0.05) is 0 Å². The Kier molecular flexibility index (Phi) is 1.95. The fraction of sp³-hybridized carbons (Fsp3) is 0.600. The lowest BCUT2D eigenvalue weighted by molar-refractivity contribution is -0.263. The fourth-order valence-electron chi connectivity index (χ4n) is 0.791. The molecule has 0 saturated carbocycles. The summed E-state index contributed by atoms with van der Waals surface area (Å²) in [5, 5.41) is 11.5. The van der Waals surface area contributed by atoms with Gasteiger partial charge in [0.2, 0.25) is 5.91 Å². The molecule has 1 rings (SSSR count). The molecule has 0 aromatic carbocycles. The van der Waals surface area contributed by atoms with Crippen molar-refractivity contribution in [2.75, 3.05) is 6.54 Å². The Bertz CT molecular complexity index is 264. The Morgan fingerprint density at radius 2 is 1.92 bits per heavy atom. The van der Waals surface area contributed by atoms with Crippen LogP contribution in [0.4, 0.5) is 13.2 Å². The van der Waals surface area contributed by atoms with Crippen LogP contribution in [-0.2, 0) is 9.59 Å². The highest BCUT2D eigenvalue weighted by atomic mass is 19.4. The molecule has 2 amide bonds. The largest absolute Gasteiger partial charge is 0.446 e. The van der Waals surface area contributed by atoms with Gasteiger partial charge in [0.05, 0.1) is 6.54 Å². The third-order valence-corrected chi connectivity index (χ3v) is 1.47. The molecule has 0 aliphatic carbocycles. The number of hydrogen-bond acceptors (Lipinski definition) is 3. The Morgan fingerprint density at radius 3 is 2.31 bits per heavy atom. The van der Waals surface area contributed by atoms with E-state index in [1.165, 1.54) is 0 Å². The highest BCUT2D eigenvalue weighted by molar-refractivity contribution is 5.97. The van der Waals surface area contributed by atoms with Crippen LogP contribution in [-0.4, -0.2) is 35.4 Å². The molecule has 3 N–H and O–H groups in total. The lowest BCUT2D eigenvalue weighted by Crippen LogP contribution is -2.72. The van der Waals surface area contributed by atoms with E-state index in [2.05, 4.69) is 0 Å². The Hall–Kier alpha value is -1.31. The highest BCUT2D eigenvalue weighted by Gasteiger charge is 2.62. The van der Waals surface area contributed by atoms with Gasteiger partial charge in [-0.2, -0.15) is 13.2 Å². The molecular formula is C5H5F3N2O3. The molecule has 0 aromatic rings. The molecule has 0 radical (unpaired) electrons. The number of hydrogen-bond donors (Lipinski definition) is 3. The first kappa shape index (κ1) is 9.78. The molecule has 5 nitrogen and oxygen atoms in total. The summed E-state index contributed by atoms with van der Waals surface area (Å²) in [5.74, 6) is -2.78. The van der Waals surface area contributed by atoms with Gasteiger partial charge in [0.1, 0.15) is 0 Å². The van der Waals surface area contributed by atoms with E-state index in [-0.39, 0.29) is 0 Å². The third kappa shape index (κ3) is 1.44. The summed E-state index contributed by atoms with van der Waals surface area (Å²) >= 11 is 0. The molecule has 1 saturated heterocycles. The number of nitrogens with one attached hydrogen (secondary N) is 2. The van der Waals surface area contributed by atoms with Gasteiger partial charge in [0.25, 0.3) is 5.91 Å². The van der Waals surface area contributed by atoms with Crippen molar-refractivity contribution < 1.29 is 27.9 Å². The van der Waals surface area contributed by atoms with Gasteiger partial charge in [-0.05, 0) is 0 Å². The van der Waals surface area contributed by atoms with Crippen LogP contribution in [0.15, 0.2) is 0 Å². The second-order valence-corrected chi connectivity index (χ2v) is 2.44. The normalized spacial score (nSPS) is 29.5. The van der Waals surface area contributed by atoms with Gasteiger partial charge in [0.15, 0.2) is 0 Å². The number of amides is 2. The van der Waals surface area contributed by atoms with E-state index >= 15 is 0 Å². The first-order chi connectivity index (χ1) is 5.77. The van der Waals surface area contributed by atoms with Gasteiger partial charge in [-0.15, -0.1) is 0 Å². The number of aliphatic hydroxyl groups is 1. The standard InChI is InChI=1S/C5H5F3N2O3/c6-5(7,8)4(13)3(12)9-1-2(11)10-4/h13H,1H2,(H,9,12)(H,10,11). The summed E-state index contributed by atoms with van der Waals surface area (Å²) in [5.41, 5.74) is -3.80. The topological polar surface area (TPSA) is 78.4 Å². The number of carbonyl (C=O) groups excluding carboxylic acids is 2. The van der Waals surface area contributed by atoms with Crippen molar-refractivity contribution in [2.24, 2.45) is 0 Å². The molecule has 1 fully saturated rings. The van der Waals surface area contributed by atoms with Crippen molar-refractivity contribution in [1.29, 1.82) is 0 Å². The maximum atomic E-state index is 12.0. The van der Waals surface area contributed by atoms with E-state index in [0.29, 0.717) is 0 Å². The van der Waals surface area contributed by atoms with E-state index in [9.17, 15) is 22.8 Å². The van der Waals surface area contributed by atoms with Crippen LogP contribution in [0.2, 0.25) is 0 Å².